The van der Waals surface area contributed by atoms with Gasteiger partial charge in [-0.05, 0) is 12.8 Å². The summed E-state index contributed by atoms with van der Waals surface area (Å²) in [7, 11) is 1.94. The van der Waals surface area contributed by atoms with Crippen LogP contribution >= 0.6 is 0 Å². The zero-order valence-electron chi connectivity index (χ0n) is 8.86. The van der Waals surface area contributed by atoms with Crippen molar-refractivity contribution in [2.45, 2.75) is 18.9 Å². The van der Waals surface area contributed by atoms with E-state index >= 15 is 0 Å². The molecular weight excluding hydrogens is 192 g/mol. The first kappa shape index (κ1) is 10.2. The number of hydrogen-bond donors (Lipinski definition) is 2. The smallest absolute Gasteiger partial charge is 0.252 e. The Morgan fingerprint density at radius 3 is 3.13 bits per heavy atom. The van der Waals surface area contributed by atoms with Crippen LogP contribution in [0.25, 0.3) is 0 Å². The number of nitrogens with zero attached hydrogens (tertiary/aromatic N) is 2. The van der Waals surface area contributed by atoms with E-state index in [2.05, 4.69) is 15.3 Å². The fourth-order valence-corrected chi connectivity index (χ4v) is 1.41. The average molecular weight is 208 g/mol. The van der Waals surface area contributed by atoms with Gasteiger partial charge in [0.05, 0.1) is 6.33 Å². The predicted molar refractivity (Wildman–Crippen MR) is 59.2 cm³/mol. The van der Waals surface area contributed by atoms with Crippen molar-refractivity contribution in [2.24, 2.45) is 0 Å². The highest BCUT2D eigenvalue weighted by molar-refractivity contribution is 5.34. The van der Waals surface area contributed by atoms with Crippen molar-refractivity contribution in [1.29, 1.82) is 0 Å². The Labute approximate surface area is 88.5 Å². The van der Waals surface area contributed by atoms with Gasteiger partial charge in [0.25, 0.3) is 5.56 Å². The molecule has 0 atom stereocenters. The van der Waals surface area contributed by atoms with Gasteiger partial charge in [0, 0.05) is 32.2 Å². The number of hydrogen-bond acceptors (Lipinski definition) is 4. The molecule has 1 fully saturated rings. The monoisotopic (exact) mass is 208 g/mol. The zero-order chi connectivity index (χ0) is 10.7. The lowest BCUT2D eigenvalue weighted by molar-refractivity contribution is 0.672. The Balaban J connectivity index is 1.83. The topological polar surface area (TPSA) is 61.0 Å². The van der Waals surface area contributed by atoms with Crippen LogP contribution in [0.5, 0.6) is 0 Å². The second-order valence-corrected chi connectivity index (χ2v) is 3.92. The number of aromatic nitrogens is 2. The number of aromatic amines is 1. The lowest BCUT2D eigenvalue weighted by Gasteiger charge is -2.17. The largest absolute Gasteiger partial charge is 0.358 e. The molecule has 15 heavy (non-hydrogen) atoms. The molecule has 2 N–H and O–H groups in total. The van der Waals surface area contributed by atoms with Crippen LogP contribution in [0.2, 0.25) is 0 Å². The second-order valence-electron chi connectivity index (χ2n) is 3.92. The molecule has 1 aromatic rings. The second kappa shape index (κ2) is 4.44. The molecule has 82 valence electrons. The molecule has 5 heteroatoms. The first-order valence-electron chi connectivity index (χ1n) is 5.25. The molecule has 1 aliphatic rings. The molecule has 0 aliphatic heterocycles. The van der Waals surface area contributed by atoms with Gasteiger partial charge in [-0.1, -0.05) is 0 Å². The molecule has 0 spiro atoms. The van der Waals surface area contributed by atoms with Crippen molar-refractivity contribution in [3.8, 4) is 0 Å². The SMILES string of the molecule is CN(CCNC1CC1)c1cc(=O)[nH]cn1. The molecule has 5 nitrogen and oxygen atoms in total. The van der Waals surface area contributed by atoms with Gasteiger partial charge in [-0.2, -0.15) is 0 Å². The highest BCUT2D eigenvalue weighted by atomic mass is 16.1. The molecule has 0 saturated heterocycles. The number of H-pyrrole nitrogens is 1. The summed E-state index contributed by atoms with van der Waals surface area (Å²) in [5, 5.41) is 3.42. The molecule has 1 aromatic heterocycles. The Hall–Kier alpha value is -1.36. The van der Waals surface area contributed by atoms with E-state index < -0.39 is 0 Å². The van der Waals surface area contributed by atoms with Crippen LogP contribution in [-0.2, 0) is 0 Å². The molecular formula is C10H16N4O. The van der Waals surface area contributed by atoms with Crippen LogP contribution in [-0.4, -0.2) is 36.1 Å². The fourth-order valence-electron chi connectivity index (χ4n) is 1.41. The first-order valence-corrected chi connectivity index (χ1v) is 5.25. The molecule has 1 saturated carbocycles. The fraction of sp³-hybridized carbons (Fsp3) is 0.600. The molecule has 0 bridgehead atoms. The maximum Gasteiger partial charge on any atom is 0.252 e. The number of anilines is 1. The van der Waals surface area contributed by atoms with Gasteiger partial charge in [-0.15, -0.1) is 0 Å². The van der Waals surface area contributed by atoms with Gasteiger partial charge < -0.3 is 15.2 Å². The normalized spacial score (nSPS) is 15.3. The minimum Gasteiger partial charge on any atom is -0.358 e. The van der Waals surface area contributed by atoms with E-state index in [4.69, 9.17) is 0 Å². The lowest BCUT2D eigenvalue weighted by atomic mass is 10.4. The van der Waals surface area contributed by atoms with Gasteiger partial charge in [0.1, 0.15) is 5.82 Å². The van der Waals surface area contributed by atoms with Crippen molar-refractivity contribution < 1.29 is 0 Å². The van der Waals surface area contributed by atoms with Gasteiger partial charge in [0.15, 0.2) is 0 Å². The van der Waals surface area contributed by atoms with E-state index in [-0.39, 0.29) is 5.56 Å². The van der Waals surface area contributed by atoms with E-state index in [0.717, 1.165) is 24.9 Å². The third-order valence-corrected chi connectivity index (χ3v) is 2.51. The summed E-state index contributed by atoms with van der Waals surface area (Å²) < 4.78 is 0. The molecule has 2 rings (SSSR count). The third-order valence-electron chi connectivity index (χ3n) is 2.51. The van der Waals surface area contributed by atoms with Crippen molar-refractivity contribution in [3.05, 3.63) is 22.7 Å². The predicted octanol–water partition coefficient (Wildman–Crippen LogP) is -0.0419. The van der Waals surface area contributed by atoms with Crippen LogP contribution in [0.1, 0.15) is 12.8 Å². The van der Waals surface area contributed by atoms with Crippen LogP contribution < -0.4 is 15.8 Å². The zero-order valence-corrected chi connectivity index (χ0v) is 8.86. The lowest BCUT2D eigenvalue weighted by Crippen LogP contribution is -2.31. The molecule has 0 radical (unpaired) electrons. The van der Waals surface area contributed by atoms with Crippen LogP contribution in [0.3, 0.4) is 0 Å². The summed E-state index contributed by atoms with van der Waals surface area (Å²) in [6.07, 6.45) is 4.03. The maximum atomic E-state index is 11.0. The Morgan fingerprint density at radius 1 is 1.67 bits per heavy atom. The van der Waals surface area contributed by atoms with Crippen molar-refractivity contribution in [3.63, 3.8) is 0 Å². The highest BCUT2D eigenvalue weighted by Crippen LogP contribution is 2.18. The van der Waals surface area contributed by atoms with Crippen molar-refractivity contribution in [2.75, 3.05) is 25.0 Å². The van der Waals surface area contributed by atoms with E-state index in [0.29, 0.717) is 0 Å². The Bertz CT molecular complexity index is 372. The van der Waals surface area contributed by atoms with E-state index in [9.17, 15) is 4.79 Å². The van der Waals surface area contributed by atoms with Gasteiger partial charge in [0.2, 0.25) is 0 Å². The highest BCUT2D eigenvalue weighted by Gasteiger charge is 2.19. The summed E-state index contributed by atoms with van der Waals surface area (Å²) in [5.41, 5.74) is -0.109. The molecule has 0 aromatic carbocycles. The minimum absolute atomic E-state index is 0.109. The van der Waals surface area contributed by atoms with Crippen LogP contribution in [0.4, 0.5) is 5.82 Å². The van der Waals surface area contributed by atoms with Crippen LogP contribution in [0.15, 0.2) is 17.2 Å². The third kappa shape index (κ3) is 3.06. The summed E-state index contributed by atoms with van der Waals surface area (Å²) in [6, 6.07) is 2.24. The minimum atomic E-state index is -0.109. The van der Waals surface area contributed by atoms with E-state index in [1.54, 1.807) is 0 Å². The van der Waals surface area contributed by atoms with Crippen molar-refractivity contribution in [1.82, 2.24) is 15.3 Å². The quantitative estimate of drug-likeness (QED) is 0.712. The van der Waals surface area contributed by atoms with Gasteiger partial charge in [-0.25, -0.2) is 4.98 Å². The van der Waals surface area contributed by atoms with E-state index in [1.807, 2.05) is 11.9 Å². The summed E-state index contributed by atoms with van der Waals surface area (Å²) in [4.78, 5) is 19.6. The molecule has 1 heterocycles. The summed E-state index contributed by atoms with van der Waals surface area (Å²) >= 11 is 0. The maximum absolute atomic E-state index is 11.0. The Morgan fingerprint density at radius 2 is 2.47 bits per heavy atom. The summed E-state index contributed by atoms with van der Waals surface area (Å²) in [5.74, 6) is 0.719. The Kier molecular flexibility index (Phi) is 3.01. The molecule has 0 amide bonds. The van der Waals surface area contributed by atoms with Gasteiger partial charge in [-0.3, -0.25) is 4.79 Å². The number of nitrogens with one attached hydrogen (secondary N) is 2. The standard InChI is InChI=1S/C10H16N4O/c1-14(5-4-11-8-2-3-8)9-6-10(15)13-7-12-9/h6-8,11H,2-5H2,1H3,(H,12,13,15). The van der Waals surface area contributed by atoms with Gasteiger partial charge >= 0.3 is 0 Å². The van der Waals surface area contributed by atoms with E-state index in [1.165, 1.54) is 25.2 Å². The average Bonchev–Trinajstić information content (AvgIpc) is 3.01. The molecule has 1 aliphatic carbocycles. The number of likely N-dealkylation sites (N-methyl/N-ethyl adjacent to an activating group) is 1. The van der Waals surface area contributed by atoms with Crippen molar-refractivity contribution >= 4 is 5.82 Å². The number of rotatable bonds is 5. The van der Waals surface area contributed by atoms with Crippen LogP contribution in [0, 0.1) is 0 Å². The summed E-state index contributed by atoms with van der Waals surface area (Å²) in [6.45, 7) is 1.81. The first-order chi connectivity index (χ1) is 7.25. The molecule has 0 unspecified atom stereocenters.